The first-order valence-corrected chi connectivity index (χ1v) is 6.63. The second-order valence-corrected chi connectivity index (χ2v) is 4.95. The lowest BCUT2D eigenvalue weighted by molar-refractivity contribution is -0.118. The number of carbonyl (C=O) groups is 2. The first-order valence-electron chi connectivity index (χ1n) is 6.25. The van der Waals surface area contributed by atoms with E-state index in [4.69, 9.17) is 16.3 Å². The summed E-state index contributed by atoms with van der Waals surface area (Å²) in [5, 5.41) is 6.01. The van der Waals surface area contributed by atoms with Crippen LogP contribution in [0, 0.1) is 0 Å². The van der Waals surface area contributed by atoms with Crippen LogP contribution >= 0.6 is 11.6 Å². The van der Waals surface area contributed by atoms with Gasteiger partial charge in [-0.25, -0.2) is 0 Å². The van der Waals surface area contributed by atoms with E-state index >= 15 is 0 Å². The van der Waals surface area contributed by atoms with Gasteiger partial charge in [0.2, 0.25) is 0 Å². The van der Waals surface area contributed by atoms with Gasteiger partial charge in [0.15, 0.2) is 6.61 Å². The largest absolute Gasteiger partial charge is 0.482 e. The predicted octanol–water partition coefficient (Wildman–Crippen LogP) is 2.92. The fourth-order valence-electron chi connectivity index (χ4n) is 1.97. The standard InChI is InChI=1S/C15H11ClN2O3/c16-10-3-1-9(2-4-10)15(20)17-11-5-6-13-12(7-11)18-14(19)8-21-13/h1-7H,8H2,(H,17,20)(H,18,19). The molecule has 0 atom stereocenters. The molecule has 1 aliphatic rings. The van der Waals surface area contributed by atoms with Crippen molar-refractivity contribution < 1.29 is 14.3 Å². The Balaban J connectivity index is 1.79. The molecule has 2 N–H and O–H groups in total. The van der Waals surface area contributed by atoms with Crippen molar-refractivity contribution in [3.05, 3.63) is 53.1 Å². The number of fused-ring (bicyclic) bond motifs is 1. The van der Waals surface area contributed by atoms with Gasteiger partial charge in [-0.2, -0.15) is 0 Å². The fourth-order valence-corrected chi connectivity index (χ4v) is 2.09. The van der Waals surface area contributed by atoms with E-state index < -0.39 is 0 Å². The second kappa shape index (κ2) is 5.46. The van der Waals surface area contributed by atoms with Crippen LogP contribution in [0.4, 0.5) is 11.4 Å². The number of rotatable bonds is 2. The zero-order valence-corrected chi connectivity index (χ0v) is 11.6. The van der Waals surface area contributed by atoms with Crippen molar-refractivity contribution in [1.29, 1.82) is 0 Å². The van der Waals surface area contributed by atoms with Crippen LogP contribution in [-0.4, -0.2) is 18.4 Å². The number of carbonyl (C=O) groups excluding carboxylic acids is 2. The molecule has 0 saturated carbocycles. The first kappa shape index (κ1) is 13.5. The maximum absolute atomic E-state index is 12.1. The van der Waals surface area contributed by atoms with Gasteiger partial charge in [0, 0.05) is 16.3 Å². The van der Waals surface area contributed by atoms with E-state index in [1.54, 1.807) is 42.5 Å². The summed E-state index contributed by atoms with van der Waals surface area (Å²) in [5.41, 5.74) is 1.61. The summed E-state index contributed by atoms with van der Waals surface area (Å²) in [5.74, 6) is 0.109. The summed E-state index contributed by atoms with van der Waals surface area (Å²) >= 11 is 5.78. The molecular weight excluding hydrogens is 292 g/mol. The van der Waals surface area contributed by atoms with E-state index in [1.165, 1.54) is 0 Å². The highest BCUT2D eigenvalue weighted by Gasteiger charge is 2.16. The molecular formula is C15H11ClN2O3. The van der Waals surface area contributed by atoms with Gasteiger partial charge in [-0.15, -0.1) is 0 Å². The second-order valence-electron chi connectivity index (χ2n) is 4.51. The molecule has 0 fully saturated rings. The number of amides is 2. The molecule has 0 aromatic heterocycles. The third-order valence-corrected chi connectivity index (χ3v) is 3.23. The molecule has 6 heteroatoms. The van der Waals surface area contributed by atoms with Crippen LogP contribution in [0.25, 0.3) is 0 Å². The lowest BCUT2D eigenvalue weighted by atomic mass is 10.2. The van der Waals surface area contributed by atoms with Crippen LogP contribution in [-0.2, 0) is 4.79 Å². The van der Waals surface area contributed by atoms with E-state index in [9.17, 15) is 9.59 Å². The zero-order chi connectivity index (χ0) is 14.8. The fraction of sp³-hybridized carbons (Fsp3) is 0.0667. The molecule has 1 heterocycles. The van der Waals surface area contributed by atoms with Gasteiger partial charge in [0.05, 0.1) is 5.69 Å². The van der Waals surface area contributed by atoms with Crippen molar-refractivity contribution in [1.82, 2.24) is 0 Å². The minimum absolute atomic E-state index is 0.00345. The predicted molar refractivity (Wildman–Crippen MR) is 80.0 cm³/mol. The number of hydrogen-bond donors (Lipinski definition) is 2. The van der Waals surface area contributed by atoms with Crippen molar-refractivity contribution in [2.24, 2.45) is 0 Å². The molecule has 0 aliphatic carbocycles. The molecule has 5 nitrogen and oxygen atoms in total. The van der Waals surface area contributed by atoms with Crippen LogP contribution < -0.4 is 15.4 Å². The van der Waals surface area contributed by atoms with Gasteiger partial charge in [0.1, 0.15) is 5.75 Å². The summed E-state index contributed by atoms with van der Waals surface area (Å²) in [7, 11) is 0. The number of benzene rings is 2. The first-order chi connectivity index (χ1) is 10.1. The van der Waals surface area contributed by atoms with Gasteiger partial charge >= 0.3 is 0 Å². The Morgan fingerprint density at radius 3 is 2.71 bits per heavy atom. The summed E-state index contributed by atoms with van der Waals surface area (Å²) in [4.78, 5) is 23.4. The number of anilines is 2. The third-order valence-electron chi connectivity index (χ3n) is 2.98. The lowest BCUT2D eigenvalue weighted by Gasteiger charge is -2.18. The van der Waals surface area contributed by atoms with Crippen molar-refractivity contribution >= 4 is 34.8 Å². The average Bonchev–Trinajstić information content (AvgIpc) is 2.47. The minimum Gasteiger partial charge on any atom is -0.482 e. The number of ether oxygens (including phenoxy) is 1. The van der Waals surface area contributed by atoms with Crippen molar-refractivity contribution in [2.75, 3.05) is 17.2 Å². The van der Waals surface area contributed by atoms with E-state index in [0.29, 0.717) is 27.7 Å². The van der Waals surface area contributed by atoms with Gasteiger partial charge in [-0.1, -0.05) is 11.6 Å². The Bertz CT molecular complexity index is 713. The van der Waals surface area contributed by atoms with E-state index in [2.05, 4.69) is 10.6 Å². The van der Waals surface area contributed by atoms with Crippen molar-refractivity contribution in [2.45, 2.75) is 0 Å². The van der Waals surface area contributed by atoms with Crippen LogP contribution in [0.15, 0.2) is 42.5 Å². The van der Waals surface area contributed by atoms with Crippen molar-refractivity contribution in [3.63, 3.8) is 0 Å². The third kappa shape index (κ3) is 2.98. The Hall–Kier alpha value is -2.53. The molecule has 2 aromatic carbocycles. The van der Waals surface area contributed by atoms with Gasteiger partial charge in [-0.05, 0) is 42.5 Å². The van der Waals surface area contributed by atoms with Crippen LogP contribution in [0.2, 0.25) is 5.02 Å². The monoisotopic (exact) mass is 302 g/mol. The smallest absolute Gasteiger partial charge is 0.262 e. The highest BCUT2D eigenvalue weighted by atomic mass is 35.5. The minimum atomic E-state index is -0.255. The SMILES string of the molecule is O=C1COc2ccc(NC(=O)c3ccc(Cl)cc3)cc2N1. The molecule has 0 radical (unpaired) electrons. The van der Waals surface area contributed by atoms with E-state index in [1.807, 2.05) is 0 Å². The average molecular weight is 303 g/mol. The topological polar surface area (TPSA) is 67.4 Å². The van der Waals surface area contributed by atoms with Gasteiger partial charge < -0.3 is 15.4 Å². The normalized spacial score (nSPS) is 12.9. The Morgan fingerprint density at radius 1 is 1.19 bits per heavy atom. The Kier molecular flexibility index (Phi) is 3.50. The summed E-state index contributed by atoms with van der Waals surface area (Å²) in [6.45, 7) is 0.00345. The maximum atomic E-state index is 12.1. The van der Waals surface area contributed by atoms with E-state index in [-0.39, 0.29) is 18.4 Å². The summed E-state index contributed by atoms with van der Waals surface area (Å²) in [6, 6.07) is 11.6. The van der Waals surface area contributed by atoms with Crippen LogP contribution in [0.3, 0.4) is 0 Å². The number of nitrogens with one attached hydrogen (secondary N) is 2. The highest BCUT2D eigenvalue weighted by molar-refractivity contribution is 6.30. The molecule has 0 bridgehead atoms. The lowest BCUT2D eigenvalue weighted by Crippen LogP contribution is -2.25. The Morgan fingerprint density at radius 2 is 1.95 bits per heavy atom. The molecule has 2 aromatic rings. The zero-order valence-electron chi connectivity index (χ0n) is 10.9. The molecule has 3 rings (SSSR count). The molecule has 2 amide bonds. The molecule has 21 heavy (non-hydrogen) atoms. The molecule has 0 spiro atoms. The van der Waals surface area contributed by atoms with Crippen LogP contribution in [0.5, 0.6) is 5.75 Å². The Labute approximate surface area is 125 Å². The number of halogens is 1. The number of hydrogen-bond acceptors (Lipinski definition) is 3. The molecule has 0 saturated heterocycles. The molecule has 0 unspecified atom stereocenters. The van der Waals surface area contributed by atoms with Crippen molar-refractivity contribution in [3.8, 4) is 5.75 Å². The summed E-state index contributed by atoms with van der Waals surface area (Å²) < 4.78 is 5.25. The van der Waals surface area contributed by atoms with Gasteiger partial charge in [0.25, 0.3) is 11.8 Å². The van der Waals surface area contributed by atoms with E-state index in [0.717, 1.165) is 0 Å². The molecule has 1 aliphatic heterocycles. The van der Waals surface area contributed by atoms with Gasteiger partial charge in [-0.3, -0.25) is 9.59 Å². The molecule has 106 valence electrons. The maximum Gasteiger partial charge on any atom is 0.262 e. The van der Waals surface area contributed by atoms with Crippen LogP contribution in [0.1, 0.15) is 10.4 Å². The highest BCUT2D eigenvalue weighted by Crippen LogP contribution is 2.30. The quantitative estimate of drug-likeness (QED) is 0.896. The summed E-state index contributed by atoms with van der Waals surface area (Å²) in [6.07, 6.45) is 0.